The Balaban J connectivity index is 1.67. The average molecular weight is 293 g/mol. The fraction of sp³-hybridized carbons (Fsp3) is 0.333. The quantitative estimate of drug-likeness (QED) is 0.784. The third-order valence-electron chi connectivity index (χ3n) is 2.74. The first kappa shape index (κ1) is 14.8. The molecule has 2 aromatic rings. The van der Waals surface area contributed by atoms with E-state index in [9.17, 15) is 5.11 Å². The molecule has 0 radical (unpaired) electrons. The maximum absolute atomic E-state index is 9.85. The lowest BCUT2D eigenvalue weighted by Gasteiger charge is -2.13. The smallest absolute Gasteiger partial charge is 0.123 e. The lowest BCUT2D eigenvalue weighted by molar-refractivity contribution is 0.106. The van der Waals surface area contributed by atoms with Gasteiger partial charge in [0.15, 0.2) is 0 Å². The maximum Gasteiger partial charge on any atom is 0.123 e. The fourth-order valence-electron chi connectivity index (χ4n) is 1.72. The Morgan fingerprint density at radius 3 is 2.85 bits per heavy atom. The number of ether oxygens (including phenoxy) is 2. The highest BCUT2D eigenvalue weighted by Crippen LogP contribution is 2.18. The predicted octanol–water partition coefficient (Wildman–Crippen LogP) is 2.29. The summed E-state index contributed by atoms with van der Waals surface area (Å²) in [6, 6.07) is 11.4. The van der Waals surface area contributed by atoms with Crippen LogP contribution >= 0.6 is 11.3 Å². The topological polar surface area (TPSA) is 50.7 Å². The number of benzene rings is 1. The van der Waals surface area contributed by atoms with Gasteiger partial charge in [-0.25, -0.2) is 0 Å². The summed E-state index contributed by atoms with van der Waals surface area (Å²) in [5.74, 6) is 1.44. The molecule has 108 valence electrons. The molecule has 0 spiro atoms. The molecule has 4 nitrogen and oxygen atoms in total. The molecule has 1 unspecified atom stereocenters. The molecule has 0 fully saturated rings. The van der Waals surface area contributed by atoms with E-state index in [-0.39, 0.29) is 6.61 Å². The van der Waals surface area contributed by atoms with E-state index in [1.165, 1.54) is 4.88 Å². The van der Waals surface area contributed by atoms with Crippen LogP contribution in [0.4, 0.5) is 0 Å². The lowest BCUT2D eigenvalue weighted by Crippen LogP contribution is -2.30. The minimum atomic E-state index is -0.541. The first-order valence-electron chi connectivity index (χ1n) is 6.46. The van der Waals surface area contributed by atoms with Gasteiger partial charge in [-0.15, -0.1) is 11.3 Å². The van der Waals surface area contributed by atoms with Gasteiger partial charge in [-0.05, 0) is 23.6 Å². The van der Waals surface area contributed by atoms with Gasteiger partial charge in [0.2, 0.25) is 0 Å². The van der Waals surface area contributed by atoms with Crippen molar-refractivity contribution >= 4 is 11.3 Å². The standard InChI is InChI=1S/C15H19NO3S/c1-18-13-4-2-5-14(8-13)19-11-12(17)9-16-10-15-6-3-7-20-15/h2-8,12,16-17H,9-11H2,1H3. The molecule has 1 atom stereocenters. The van der Waals surface area contributed by atoms with Crippen molar-refractivity contribution in [1.82, 2.24) is 5.32 Å². The van der Waals surface area contributed by atoms with Gasteiger partial charge in [-0.3, -0.25) is 0 Å². The summed E-state index contributed by atoms with van der Waals surface area (Å²) in [5, 5.41) is 15.1. The zero-order valence-corrected chi connectivity index (χ0v) is 12.2. The van der Waals surface area contributed by atoms with Crippen molar-refractivity contribution in [3.05, 3.63) is 46.7 Å². The van der Waals surface area contributed by atoms with Crippen LogP contribution < -0.4 is 14.8 Å². The van der Waals surface area contributed by atoms with E-state index in [0.717, 1.165) is 12.3 Å². The van der Waals surface area contributed by atoms with Gasteiger partial charge >= 0.3 is 0 Å². The molecule has 2 rings (SSSR count). The Morgan fingerprint density at radius 2 is 2.10 bits per heavy atom. The largest absolute Gasteiger partial charge is 0.497 e. The van der Waals surface area contributed by atoms with Crippen molar-refractivity contribution in [3.8, 4) is 11.5 Å². The second-order valence-electron chi connectivity index (χ2n) is 4.35. The third-order valence-corrected chi connectivity index (χ3v) is 3.62. The molecule has 20 heavy (non-hydrogen) atoms. The van der Waals surface area contributed by atoms with Crippen LogP contribution in [0.25, 0.3) is 0 Å². The minimum Gasteiger partial charge on any atom is -0.497 e. The highest BCUT2D eigenvalue weighted by Gasteiger charge is 2.05. The van der Waals surface area contributed by atoms with Crippen LogP contribution in [0.2, 0.25) is 0 Å². The van der Waals surface area contributed by atoms with Gasteiger partial charge in [-0.2, -0.15) is 0 Å². The number of hydrogen-bond donors (Lipinski definition) is 2. The molecule has 0 aliphatic heterocycles. The van der Waals surface area contributed by atoms with Crippen molar-refractivity contribution in [2.24, 2.45) is 0 Å². The van der Waals surface area contributed by atoms with Gasteiger partial charge in [-0.1, -0.05) is 12.1 Å². The zero-order valence-electron chi connectivity index (χ0n) is 11.4. The van der Waals surface area contributed by atoms with Crippen molar-refractivity contribution in [3.63, 3.8) is 0 Å². The summed E-state index contributed by atoms with van der Waals surface area (Å²) in [6.07, 6.45) is -0.541. The Morgan fingerprint density at radius 1 is 1.25 bits per heavy atom. The van der Waals surface area contributed by atoms with Crippen LogP contribution in [0.3, 0.4) is 0 Å². The Kier molecular flexibility index (Phi) is 5.86. The number of nitrogens with one attached hydrogen (secondary N) is 1. The summed E-state index contributed by atoms with van der Waals surface area (Å²) in [7, 11) is 1.61. The first-order chi connectivity index (χ1) is 9.78. The van der Waals surface area contributed by atoms with Crippen molar-refractivity contribution in [2.75, 3.05) is 20.3 Å². The molecule has 0 aliphatic rings. The molecule has 1 aromatic heterocycles. The highest BCUT2D eigenvalue weighted by molar-refractivity contribution is 7.09. The molecular formula is C15H19NO3S. The van der Waals surface area contributed by atoms with E-state index in [4.69, 9.17) is 9.47 Å². The third kappa shape index (κ3) is 4.85. The molecule has 1 heterocycles. The SMILES string of the molecule is COc1cccc(OCC(O)CNCc2cccs2)c1. The molecule has 0 amide bonds. The van der Waals surface area contributed by atoms with E-state index in [0.29, 0.717) is 12.3 Å². The number of aliphatic hydroxyl groups excluding tert-OH is 1. The van der Waals surface area contributed by atoms with Crippen LogP contribution in [-0.2, 0) is 6.54 Å². The van der Waals surface area contributed by atoms with Gasteiger partial charge < -0.3 is 19.9 Å². The van der Waals surface area contributed by atoms with Crippen LogP contribution in [-0.4, -0.2) is 31.5 Å². The zero-order chi connectivity index (χ0) is 14.2. The Hall–Kier alpha value is -1.56. The number of hydrogen-bond acceptors (Lipinski definition) is 5. The molecule has 0 aliphatic carbocycles. The van der Waals surface area contributed by atoms with E-state index >= 15 is 0 Å². The first-order valence-corrected chi connectivity index (χ1v) is 7.34. The summed E-state index contributed by atoms with van der Waals surface area (Å²) >= 11 is 1.70. The predicted molar refractivity (Wildman–Crippen MR) is 80.5 cm³/mol. The van der Waals surface area contributed by atoms with E-state index in [2.05, 4.69) is 11.4 Å². The van der Waals surface area contributed by atoms with Crippen molar-refractivity contribution in [1.29, 1.82) is 0 Å². The molecule has 0 bridgehead atoms. The maximum atomic E-state index is 9.85. The monoisotopic (exact) mass is 293 g/mol. The molecule has 2 N–H and O–H groups in total. The summed E-state index contributed by atoms with van der Waals surface area (Å²) in [4.78, 5) is 1.26. The normalized spacial score (nSPS) is 12.1. The van der Waals surface area contributed by atoms with Crippen LogP contribution in [0.15, 0.2) is 41.8 Å². The number of methoxy groups -OCH3 is 1. The molecular weight excluding hydrogens is 274 g/mol. The molecule has 5 heteroatoms. The molecule has 0 saturated carbocycles. The van der Waals surface area contributed by atoms with Gasteiger partial charge in [0, 0.05) is 24.0 Å². The second-order valence-corrected chi connectivity index (χ2v) is 5.39. The summed E-state index contributed by atoms with van der Waals surface area (Å²) in [5.41, 5.74) is 0. The van der Waals surface area contributed by atoms with Crippen LogP contribution in [0.1, 0.15) is 4.88 Å². The fourth-order valence-corrected chi connectivity index (χ4v) is 2.39. The van der Waals surface area contributed by atoms with Gasteiger partial charge in [0.25, 0.3) is 0 Å². The van der Waals surface area contributed by atoms with Gasteiger partial charge in [0.05, 0.1) is 7.11 Å². The van der Waals surface area contributed by atoms with E-state index in [1.807, 2.05) is 29.6 Å². The molecule has 0 saturated heterocycles. The molecule has 1 aromatic carbocycles. The van der Waals surface area contributed by atoms with Crippen LogP contribution in [0, 0.1) is 0 Å². The number of thiophene rings is 1. The summed E-state index contributed by atoms with van der Waals surface area (Å²) in [6.45, 7) is 1.53. The lowest BCUT2D eigenvalue weighted by atomic mass is 10.3. The number of aliphatic hydroxyl groups is 1. The Labute approximate surface area is 123 Å². The van der Waals surface area contributed by atoms with Gasteiger partial charge in [0.1, 0.15) is 24.2 Å². The second kappa shape index (κ2) is 7.89. The highest BCUT2D eigenvalue weighted by atomic mass is 32.1. The van der Waals surface area contributed by atoms with Crippen LogP contribution in [0.5, 0.6) is 11.5 Å². The van der Waals surface area contributed by atoms with E-state index < -0.39 is 6.10 Å². The minimum absolute atomic E-state index is 0.255. The Bertz CT molecular complexity index is 502. The summed E-state index contributed by atoms with van der Waals surface area (Å²) < 4.78 is 10.6. The number of rotatable bonds is 8. The van der Waals surface area contributed by atoms with E-state index in [1.54, 1.807) is 24.5 Å². The average Bonchev–Trinajstić information content (AvgIpc) is 2.98. The van der Waals surface area contributed by atoms with Crippen molar-refractivity contribution < 1.29 is 14.6 Å². The van der Waals surface area contributed by atoms with Crippen molar-refractivity contribution in [2.45, 2.75) is 12.6 Å².